The van der Waals surface area contributed by atoms with E-state index in [1.807, 2.05) is 0 Å². The first kappa shape index (κ1) is 10.0. The van der Waals surface area contributed by atoms with Gasteiger partial charge in [-0.2, -0.15) is 0 Å². The standard InChI is InChI=1S/C10H21NO/c1-3-7-11-8-10(9-12-2)5-4-6-10/h11H,3-9H2,1-2H3. The first-order valence-corrected chi connectivity index (χ1v) is 5.03. The zero-order chi connectivity index (χ0) is 8.86. The van der Waals surface area contributed by atoms with Crippen LogP contribution in [-0.4, -0.2) is 26.8 Å². The van der Waals surface area contributed by atoms with Gasteiger partial charge in [0.25, 0.3) is 0 Å². The average molecular weight is 171 g/mol. The molecule has 0 unspecified atom stereocenters. The van der Waals surface area contributed by atoms with Gasteiger partial charge in [-0.1, -0.05) is 13.3 Å². The van der Waals surface area contributed by atoms with E-state index in [9.17, 15) is 0 Å². The predicted molar refractivity (Wildman–Crippen MR) is 51.3 cm³/mol. The summed E-state index contributed by atoms with van der Waals surface area (Å²) in [5, 5.41) is 3.48. The van der Waals surface area contributed by atoms with Gasteiger partial charge in [0.05, 0.1) is 6.61 Å². The second-order valence-corrected chi connectivity index (χ2v) is 3.96. The van der Waals surface area contributed by atoms with Crippen molar-refractivity contribution in [2.24, 2.45) is 5.41 Å². The summed E-state index contributed by atoms with van der Waals surface area (Å²) >= 11 is 0. The molecule has 0 saturated heterocycles. The smallest absolute Gasteiger partial charge is 0.0530 e. The molecular weight excluding hydrogens is 150 g/mol. The van der Waals surface area contributed by atoms with Crippen LogP contribution in [0.5, 0.6) is 0 Å². The van der Waals surface area contributed by atoms with Crippen LogP contribution in [0.1, 0.15) is 32.6 Å². The first-order chi connectivity index (χ1) is 5.83. The molecule has 0 aliphatic heterocycles. The summed E-state index contributed by atoms with van der Waals surface area (Å²) in [6.45, 7) is 5.43. The van der Waals surface area contributed by atoms with Crippen molar-refractivity contribution in [3.8, 4) is 0 Å². The Morgan fingerprint density at radius 1 is 1.42 bits per heavy atom. The van der Waals surface area contributed by atoms with Crippen molar-refractivity contribution in [1.82, 2.24) is 5.32 Å². The Morgan fingerprint density at radius 3 is 2.58 bits per heavy atom. The van der Waals surface area contributed by atoms with Gasteiger partial charge >= 0.3 is 0 Å². The van der Waals surface area contributed by atoms with Crippen LogP contribution in [0, 0.1) is 5.41 Å². The molecule has 1 aliphatic carbocycles. The van der Waals surface area contributed by atoms with E-state index in [-0.39, 0.29) is 0 Å². The van der Waals surface area contributed by atoms with E-state index in [0.717, 1.165) is 19.7 Å². The lowest BCUT2D eigenvalue weighted by Gasteiger charge is -2.41. The Morgan fingerprint density at radius 2 is 2.17 bits per heavy atom. The minimum Gasteiger partial charge on any atom is -0.384 e. The van der Waals surface area contributed by atoms with Crippen molar-refractivity contribution in [1.29, 1.82) is 0 Å². The van der Waals surface area contributed by atoms with E-state index < -0.39 is 0 Å². The number of ether oxygens (including phenoxy) is 1. The second-order valence-electron chi connectivity index (χ2n) is 3.96. The fraction of sp³-hybridized carbons (Fsp3) is 1.00. The number of methoxy groups -OCH3 is 1. The fourth-order valence-electron chi connectivity index (χ4n) is 1.89. The van der Waals surface area contributed by atoms with Crippen molar-refractivity contribution >= 4 is 0 Å². The van der Waals surface area contributed by atoms with E-state index in [0.29, 0.717) is 5.41 Å². The third-order valence-corrected chi connectivity index (χ3v) is 2.79. The first-order valence-electron chi connectivity index (χ1n) is 5.03. The maximum Gasteiger partial charge on any atom is 0.0530 e. The Kier molecular flexibility index (Phi) is 4.02. The Bertz CT molecular complexity index is 121. The molecule has 0 amide bonds. The van der Waals surface area contributed by atoms with E-state index in [1.54, 1.807) is 7.11 Å². The molecule has 1 N–H and O–H groups in total. The zero-order valence-corrected chi connectivity index (χ0v) is 8.36. The molecular formula is C10H21NO. The van der Waals surface area contributed by atoms with Crippen LogP contribution in [-0.2, 0) is 4.74 Å². The van der Waals surface area contributed by atoms with Crippen molar-refractivity contribution < 1.29 is 4.74 Å². The zero-order valence-electron chi connectivity index (χ0n) is 8.36. The van der Waals surface area contributed by atoms with E-state index in [1.165, 1.54) is 25.7 Å². The normalized spacial score (nSPS) is 20.5. The molecule has 2 nitrogen and oxygen atoms in total. The van der Waals surface area contributed by atoms with Crippen LogP contribution in [0.25, 0.3) is 0 Å². The molecule has 12 heavy (non-hydrogen) atoms. The van der Waals surface area contributed by atoms with Gasteiger partial charge in [0, 0.05) is 19.1 Å². The van der Waals surface area contributed by atoms with Gasteiger partial charge in [-0.05, 0) is 25.8 Å². The Hall–Kier alpha value is -0.0800. The van der Waals surface area contributed by atoms with Crippen molar-refractivity contribution in [3.05, 3.63) is 0 Å². The minimum atomic E-state index is 0.490. The summed E-state index contributed by atoms with van der Waals surface area (Å²) in [5.74, 6) is 0. The molecule has 0 bridgehead atoms. The van der Waals surface area contributed by atoms with Gasteiger partial charge in [-0.3, -0.25) is 0 Å². The highest BCUT2D eigenvalue weighted by Gasteiger charge is 2.36. The van der Waals surface area contributed by atoms with Crippen molar-refractivity contribution in [2.75, 3.05) is 26.8 Å². The summed E-state index contributed by atoms with van der Waals surface area (Å²) < 4.78 is 5.24. The summed E-state index contributed by atoms with van der Waals surface area (Å²) in [4.78, 5) is 0. The van der Waals surface area contributed by atoms with Gasteiger partial charge in [0.15, 0.2) is 0 Å². The van der Waals surface area contributed by atoms with Crippen molar-refractivity contribution in [2.45, 2.75) is 32.6 Å². The molecule has 0 spiro atoms. The van der Waals surface area contributed by atoms with Crippen LogP contribution in [0.2, 0.25) is 0 Å². The van der Waals surface area contributed by atoms with E-state index in [2.05, 4.69) is 12.2 Å². The maximum atomic E-state index is 5.24. The lowest BCUT2D eigenvalue weighted by atomic mass is 9.69. The van der Waals surface area contributed by atoms with Crippen LogP contribution in [0.15, 0.2) is 0 Å². The summed E-state index contributed by atoms with van der Waals surface area (Å²) in [7, 11) is 1.81. The monoisotopic (exact) mass is 171 g/mol. The third-order valence-electron chi connectivity index (χ3n) is 2.79. The average Bonchev–Trinajstić information content (AvgIpc) is 2.00. The third kappa shape index (κ3) is 2.46. The van der Waals surface area contributed by atoms with Gasteiger partial charge < -0.3 is 10.1 Å². The SMILES string of the molecule is CCCNCC1(COC)CCC1. The highest BCUT2D eigenvalue weighted by molar-refractivity contribution is 4.89. The van der Waals surface area contributed by atoms with E-state index in [4.69, 9.17) is 4.74 Å². The van der Waals surface area contributed by atoms with Crippen molar-refractivity contribution in [3.63, 3.8) is 0 Å². The summed E-state index contributed by atoms with van der Waals surface area (Å²) in [5.41, 5.74) is 0.490. The Balaban J connectivity index is 2.15. The molecule has 0 aromatic heterocycles. The fourth-order valence-corrected chi connectivity index (χ4v) is 1.89. The maximum absolute atomic E-state index is 5.24. The highest BCUT2D eigenvalue weighted by Crippen LogP contribution is 2.40. The second kappa shape index (κ2) is 4.83. The molecule has 72 valence electrons. The molecule has 0 heterocycles. The summed E-state index contributed by atoms with van der Waals surface area (Å²) in [6, 6.07) is 0. The number of rotatable bonds is 6. The molecule has 1 fully saturated rings. The molecule has 1 aliphatic rings. The highest BCUT2D eigenvalue weighted by atomic mass is 16.5. The minimum absolute atomic E-state index is 0.490. The summed E-state index contributed by atoms with van der Waals surface area (Å²) in [6.07, 6.45) is 5.30. The molecule has 1 rings (SSSR count). The van der Waals surface area contributed by atoms with Gasteiger partial charge in [0.1, 0.15) is 0 Å². The quantitative estimate of drug-likeness (QED) is 0.615. The van der Waals surface area contributed by atoms with Crippen LogP contribution in [0.4, 0.5) is 0 Å². The Labute approximate surface area is 75.7 Å². The molecule has 0 atom stereocenters. The van der Waals surface area contributed by atoms with Gasteiger partial charge in [-0.15, -0.1) is 0 Å². The van der Waals surface area contributed by atoms with Crippen LogP contribution >= 0.6 is 0 Å². The number of hydrogen-bond donors (Lipinski definition) is 1. The largest absolute Gasteiger partial charge is 0.384 e. The molecule has 0 radical (unpaired) electrons. The van der Waals surface area contributed by atoms with Gasteiger partial charge in [-0.25, -0.2) is 0 Å². The molecule has 0 aromatic carbocycles. The van der Waals surface area contributed by atoms with Crippen LogP contribution < -0.4 is 5.32 Å². The van der Waals surface area contributed by atoms with Crippen LogP contribution in [0.3, 0.4) is 0 Å². The van der Waals surface area contributed by atoms with E-state index >= 15 is 0 Å². The molecule has 1 saturated carbocycles. The topological polar surface area (TPSA) is 21.3 Å². The predicted octanol–water partition coefficient (Wildman–Crippen LogP) is 1.80. The molecule has 0 aromatic rings. The number of hydrogen-bond acceptors (Lipinski definition) is 2. The lowest BCUT2D eigenvalue weighted by Crippen LogP contribution is -2.43. The molecule has 2 heteroatoms. The van der Waals surface area contributed by atoms with Gasteiger partial charge in [0.2, 0.25) is 0 Å². The lowest BCUT2D eigenvalue weighted by molar-refractivity contribution is 0.0181. The number of nitrogens with one attached hydrogen (secondary N) is 1.